The van der Waals surface area contributed by atoms with Gasteiger partial charge in [0.25, 0.3) is 0 Å². The Bertz CT molecular complexity index is 470. The number of carbonyl (C=O) groups excluding carboxylic acids is 2. The van der Waals surface area contributed by atoms with Gasteiger partial charge >= 0.3 is 11.9 Å². The number of anilines is 1. The maximum Gasteiger partial charge on any atom is 0.362 e. The summed E-state index contributed by atoms with van der Waals surface area (Å²) in [6.45, 7) is 6.11. The van der Waals surface area contributed by atoms with Gasteiger partial charge < -0.3 is 15.2 Å². The Morgan fingerprint density at radius 3 is 2.65 bits per heavy atom. The van der Waals surface area contributed by atoms with Gasteiger partial charge in [-0.1, -0.05) is 19.1 Å². The second-order valence-electron chi connectivity index (χ2n) is 4.60. The van der Waals surface area contributed by atoms with Gasteiger partial charge in [0.1, 0.15) is 6.54 Å². The Kier molecular flexibility index (Phi) is 5.95. The summed E-state index contributed by atoms with van der Waals surface area (Å²) in [5.41, 5.74) is 5.59. The summed E-state index contributed by atoms with van der Waals surface area (Å²) in [5.74, 6) is -0.694. The lowest BCUT2D eigenvalue weighted by Crippen LogP contribution is -2.18. The molecular formula is C12H20N4O4. The van der Waals surface area contributed by atoms with Crippen molar-refractivity contribution < 1.29 is 19.1 Å². The minimum atomic E-state index is -0.663. The zero-order valence-electron chi connectivity index (χ0n) is 12.0. The molecule has 0 aliphatic rings. The van der Waals surface area contributed by atoms with Crippen molar-refractivity contribution >= 4 is 17.8 Å². The third-order valence-electron chi connectivity index (χ3n) is 2.48. The van der Waals surface area contributed by atoms with Crippen molar-refractivity contribution in [2.75, 3.05) is 18.9 Å². The fourth-order valence-corrected chi connectivity index (χ4v) is 1.36. The molecule has 8 heteroatoms. The van der Waals surface area contributed by atoms with Gasteiger partial charge in [-0.05, 0) is 19.3 Å². The molecule has 0 bridgehead atoms. The summed E-state index contributed by atoms with van der Waals surface area (Å²) in [6.07, 6.45) is 0.784. The van der Waals surface area contributed by atoms with E-state index in [9.17, 15) is 9.59 Å². The normalized spacial score (nSPS) is 10.6. The lowest BCUT2D eigenvalue weighted by atomic mass is 10.1. The first-order valence-electron chi connectivity index (χ1n) is 6.47. The van der Waals surface area contributed by atoms with E-state index >= 15 is 0 Å². The summed E-state index contributed by atoms with van der Waals surface area (Å²) in [5, 5.41) is 7.24. The van der Waals surface area contributed by atoms with Crippen LogP contribution < -0.4 is 5.73 Å². The molecule has 20 heavy (non-hydrogen) atoms. The number of rotatable bonds is 7. The molecule has 0 unspecified atom stereocenters. The first-order chi connectivity index (χ1) is 9.45. The van der Waals surface area contributed by atoms with Crippen molar-refractivity contribution in [3.05, 3.63) is 5.69 Å². The first kappa shape index (κ1) is 15.9. The molecule has 1 aromatic rings. The Labute approximate surface area is 117 Å². The molecule has 1 aromatic heterocycles. The van der Waals surface area contributed by atoms with Crippen LogP contribution in [0, 0.1) is 5.92 Å². The van der Waals surface area contributed by atoms with Gasteiger partial charge in [-0.2, -0.15) is 0 Å². The van der Waals surface area contributed by atoms with Crippen LogP contribution in [0.5, 0.6) is 0 Å². The second kappa shape index (κ2) is 7.46. The molecule has 8 nitrogen and oxygen atoms in total. The summed E-state index contributed by atoms with van der Waals surface area (Å²) >= 11 is 0. The first-order valence-corrected chi connectivity index (χ1v) is 6.47. The molecule has 112 valence electrons. The van der Waals surface area contributed by atoms with Crippen LogP contribution in [-0.2, 0) is 20.8 Å². The average molecular weight is 284 g/mol. The van der Waals surface area contributed by atoms with Gasteiger partial charge in [-0.15, -0.1) is 5.10 Å². The van der Waals surface area contributed by atoms with Gasteiger partial charge in [0.15, 0.2) is 5.82 Å². The molecule has 0 fully saturated rings. The fraction of sp³-hybridized carbons (Fsp3) is 0.667. The van der Waals surface area contributed by atoms with Crippen LogP contribution in [0.15, 0.2) is 0 Å². The Hall–Kier alpha value is -2.12. The highest BCUT2D eigenvalue weighted by Crippen LogP contribution is 2.09. The van der Waals surface area contributed by atoms with Crippen molar-refractivity contribution in [1.82, 2.24) is 15.0 Å². The molecule has 0 aliphatic heterocycles. The minimum absolute atomic E-state index is 0.00994. The SMILES string of the molecule is CCOC(=O)c1nnn(CC(=O)OCCC(C)C)c1N. The summed E-state index contributed by atoms with van der Waals surface area (Å²) in [7, 11) is 0. The van der Waals surface area contributed by atoms with Crippen LogP contribution in [0.25, 0.3) is 0 Å². The summed E-state index contributed by atoms with van der Waals surface area (Å²) in [4.78, 5) is 23.0. The number of nitrogens with two attached hydrogens (primary N) is 1. The highest BCUT2D eigenvalue weighted by atomic mass is 16.5. The molecule has 0 saturated carbocycles. The molecule has 2 N–H and O–H groups in total. The average Bonchev–Trinajstić information content (AvgIpc) is 2.71. The molecule has 0 aromatic carbocycles. The molecule has 0 amide bonds. The molecule has 0 spiro atoms. The number of hydrogen-bond donors (Lipinski definition) is 1. The second-order valence-corrected chi connectivity index (χ2v) is 4.60. The molecule has 1 heterocycles. The lowest BCUT2D eigenvalue weighted by Gasteiger charge is -2.07. The predicted molar refractivity (Wildman–Crippen MR) is 70.8 cm³/mol. The van der Waals surface area contributed by atoms with Crippen LogP contribution in [0.4, 0.5) is 5.82 Å². The van der Waals surface area contributed by atoms with Crippen molar-refractivity contribution in [2.24, 2.45) is 5.92 Å². The Morgan fingerprint density at radius 1 is 1.35 bits per heavy atom. The van der Waals surface area contributed by atoms with Crippen LogP contribution in [0.2, 0.25) is 0 Å². The standard InChI is InChI=1S/C12H20N4O4/c1-4-19-12(18)10-11(13)16(15-14-10)7-9(17)20-6-5-8(2)3/h8H,4-7,13H2,1-3H3. The quantitative estimate of drug-likeness (QED) is 0.731. The van der Waals surface area contributed by atoms with Gasteiger partial charge in [-0.3, -0.25) is 4.79 Å². The molecular weight excluding hydrogens is 264 g/mol. The molecule has 0 saturated heterocycles. The van der Waals surface area contributed by atoms with Gasteiger partial charge in [0, 0.05) is 0 Å². The number of hydrogen-bond acceptors (Lipinski definition) is 7. The zero-order valence-corrected chi connectivity index (χ0v) is 12.0. The van der Waals surface area contributed by atoms with Gasteiger partial charge in [0.05, 0.1) is 13.2 Å². The van der Waals surface area contributed by atoms with E-state index in [-0.39, 0.29) is 24.7 Å². The van der Waals surface area contributed by atoms with Crippen LogP contribution in [0.1, 0.15) is 37.7 Å². The van der Waals surface area contributed by atoms with E-state index < -0.39 is 11.9 Å². The maximum atomic E-state index is 11.6. The van der Waals surface area contributed by atoms with E-state index in [0.717, 1.165) is 11.1 Å². The highest BCUT2D eigenvalue weighted by Gasteiger charge is 2.20. The summed E-state index contributed by atoms with van der Waals surface area (Å²) in [6, 6.07) is 0. The topological polar surface area (TPSA) is 109 Å². The number of aromatic nitrogens is 3. The highest BCUT2D eigenvalue weighted by molar-refractivity contribution is 5.92. The Balaban J connectivity index is 2.56. The van der Waals surface area contributed by atoms with Crippen molar-refractivity contribution in [3.8, 4) is 0 Å². The third kappa shape index (κ3) is 4.52. The van der Waals surface area contributed by atoms with E-state index in [1.807, 2.05) is 13.8 Å². The molecule has 0 aliphatic carbocycles. The minimum Gasteiger partial charge on any atom is -0.464 e. The van der Waals surface area contributed by atoms with Crippen molar-refractivity contribution in [1.29, 1.82) is 0 Å². The van der Waals surface area contributed by atoms with Gasteiger partial charge in [0.2, 0.25) is 5.69 Å². The maximum absolute atomic E-state index is 11.6. The number of ether oxygens (including phenoxy) is 2. The predicted octanol–water partition coefficient (Wildman–Crippen LogP) is 0.626. The molecule has 0 radical (unpaired) electrons. The number of nitrogens with zero attached hydrogens (tertiary/aromatic N) is 3. The lowest BCUT2D eigenvalue weighted by molar-refractivity contribution is -0.144. The number of esters is 2. The van der Waals surface area contributed by atoms with E-state index in [1.54, 1.807) is 6.92 Å². The zero-order chi connectivity index (χ0) is 15.1. The molecule has 1 rings (SSSR count). The van der Waals surface area contributed by atoms with Crippen molar-refractivity contribution in [2.45, 2.75) is 33.7 Å². The van der Waals surface area contributed by atoms with Crippen LogP contribution >= 0.6 is 0 Å². The van der Waals surface area contributed by atoms with E-state index in [1.165, 1.54) is 0 Å². The van der Waals surface area contributed by atoms with E-state index in [0.29, 0.717) is 12.5 Å². The summed E-state index contributed by atoms with van der Waals surface area (Å²) < 4.78 is 10.9. The van der Waals surface area contributed by atoms with Gasteiger partial charge in [-0.25, -0.2) is 9.48 Å². The number of nitrogen functional groups attached to an aromatic ring is 1. The van der Waals surface area contributed by atoms with Crippen LogP contribution in [0.3, 0.4) is 0 Å². The van der Waals surface area contributed by atoms with E-state index in [4.69, 9.17) is 15.2 Å². The molecule has 0 atom stereocenters. The Morgan fingerprint density at radius 2 is 2.05 bits per heavy atom. The van der Waals surface area contributed by atoms with Crippen molar-refractivity contribution in [3.63, 3.8) is 0 Å². The smallest absolute Gasteiger partial charge is 0.362 e. The number of carbonyl (C=O) groups is 2. The monoisotopic (exact) mass is 284 g/mol. The largest absolute Gasteiger partial charge is 0.464 e. The van der Waals surface area contributed by atoms with Crippen LogP contribution in [-0.4, -0.2) is 40.1 Å². The fourth-order valence-electron chi connectivity index (χ4n) is 1.36. The third-order valence-corrected chi connectivity index (χ3v) is 2.48. The van der Waals surface area contributed by atoms with E-state index in [2.05, 4.69) is 10.3 Å².